The fourth-order valence-corrected chi connectivity index (χ4v) is 2.77. The normalized spacial score (nSPS) is 11.2. The van der Waals surface area contributed by atoms with E-state index in [0.717, 1.165) is 11.1 Å². The number of nitrogens with one attached hydrogen (secondary N) is 2. The molecule has 0 atom stereocenters. The molecule has 0 aliphatic heterocycles. The molecular weight excluding hydrogens is 331 g/mol. The Labute approximate surface area is 153 Å². The van der Waals surface area contributed by atoms with Crippen LogP contribution in [-0.4, -0.2) is 25.9 Å². The van der Waals surface area contributed by atoms with E-state index in [1.807, 2.05) is 12.1 Å². The van der Waals surface area contributed by atoms with Crippen LogP contribution < -0.4 is 10.6 Å². The largest absolute Gasteiger partial charge is 0.355 e. The Bertz CT molecular complexity index is 806. The molecule has 0 aliphatic rings. The summed E-state index contributed by atoms with van der Waals surface area (Å²) in [6, 6.07) is 12.1. The minimum Gasteiger partial charge on any atom is -0.355 e. The van der Waals surface area contributed by atoms with Crippen molar-refractivity contribution in [2.24, 2.45) is 0 Å². The van der Waals surface area contributed by atoms with Gasteiger partial charge in [-0.05, 0) is 49.1 Å². The number of carbonyl (C=O) groups is 2. The third-order valence-electron chi connectivity index (χ3n) is 4.19. The van der Waals surface area contributed by atoms with E-state index < -0.39 is 5.82 Å². The zero-order chi connectivity index (χ0) is 19.1. The first kappa shape index (κ1) is 19.4. The lowest BCUT2D eigenvalue weighted by molar-refractivity contribution is -0.115. The number of halogens is 1. The number of allylic oxidation sites excluding steroid dienone is 1. The second-order valence-electron chi connectivity index (χ2n) is 5.94. The van der Waals surface area contributed by atoms with Crippen LogP contribution in [0, 0.1) is 12.7 Å². The van der Waals surface area contributed by atoms with Gasteiger partial charge in [0.1, 0.15) is 5.82 Å². The maximum absolute atomic E-state index is 14.2. The van der Waals surface area contributed by atoms with Crippen molar-refractivity contribution in [2.45, 2.75) is 19.8 Å². The molecule has 0 heterocycles. The molecule has 2 amide bonds. The fourth-order valence-electron chi connectivity index (χ4n) is 2.77. The molecule has 5 heteroatoms. The van der Waals surface area contributed by atoms with Crippen LogP contribution in [0.3, 0.4) is 0 Å². The second-order valence-corrected chi connectivity index (χ2v) is 5.94. The van der Waals surface area contributed by atoms with E-state index in [2.05, 4.69) is 10.6 Å². The van der Waals surface area contributed by atoms with Crippen LogP contribution in [0.2, 0.25) is 0 Å². The average molecular weight is 354 g/mol. The third kappa shape index (κ3) is 4.57. The average Bonchev–Trinajstić information content (AvgIpc) is 2.65. The Kier molecular flexibility index (Phi) is 6.67. The van der Waals surface area contributed by atoms with E-state index in [1.165, 1.54) is 13.1 Å². The van der Waals surface area contributed by atoms with Gasteiger partial charge >= 0.3 is 0 Å². The van der Waals surface area contributed by atoms with Gasteiger partial charge in [0.15, 0.2) is 0 Å². The number of aryl methyl sites for hydroxylation is 2. The van der Waals surface area contributed by atoms with Gasteiger partial charge in [-0.3, -0.25) is 9.59 Å². The van der Waals surface area contributed by atoms with Crippen LogP contribution in [0.25, 0.3) is 5.57 Å². The van der Waals surface area contributed by atoms with Crippen molar-refractivity contribution in [3.05, 3.63) is 76.6 Å². The maximum atomic E-state index is 14.2. The summed E-state index contributed by atoms with van der Waals surface area (Å²) in [6.45, 7) is 1.78. The van der Waals surface area contributed by atoms with E-state index in [0.29, 0.717) is 29.5 Å². The van der Waals surface area contributed by atoms with Gasteiger partial charge < -0.3 is 10.6 Å². The van der Waals surface area contributed by atoms with Gasteiger partial charge in [-0.15, -0.1) is 0 Å². The monoisotopic (exact) mass is 354 g/mol. The summed E-state index contributed by atoms with van der Waals surface area (Å²) >= 11 is 0. The van der Waals surface area contributed by atoms with Gasteiger partial charge in [0, 0.05) is 30.8 Å². The van der Waals surface area contributed by atoms with Crippen molar-refractivity contribution in [2.75, 3.05) is 14.1 Å². The van der Waals surface area contributed by atoms with Crippen LogP contribution in [0.5, 0.6) is 0 Å². The lowest BCUT2D eigenvalue weighted by Crippen LogP contribution is -2.20. The summed E-state index contributed by atoms with van der Waals surface area (Å²) in [4.78, 5) is 23.8. The molecule has 4 nitrogen and oxygen atoms in total. The van der Waals surface area contributed by atoms with E-state index in [1.54, 1.807) is 44.3 Å². The van der Waals surface area contributed by atoms with E-state index >= 15 is 0 Å². The Balaban J connectivity index is 2.19. The molecule has 0 saturated heterocycles. The van der Waals surface area contributed by atoms with Crippen molar-refractivity contribution in [1.82, 2.24) is 10.6 Å². The highest BCUT2D eigenvalue weighted by atomic mass is 19.1. The van der Waals surface area contributed by atoms with Crippen LogP contribution in [0.1, 0.15) is 33.5 Å². The number of hydrogen-bond acceptors (Lipinski definition) is 2. The highest BCUT2D eigenvalue weighted by molar-refractivity contribution is 6.19. The number of likely N-dealkylation sites (N-methyl/N-ethyl adjacent to an activating group) is 1. The number of carbonyl (C=O) groups excluding carboxylic acids is 2. The first-order valence-corrected chi connectivity index (χ1v) is 8.46. The van der Waals surface area contributed by atoms with Crippen LogP contribution in [-0.2, 0) is 11.2 Å². The van der Waals surface area contributed by atoms with E-state index in [4.69, 9.17) is 0 Å². The Hall–Kier alpha value is -2.95. The molecule has 136 valence electrons. The summed E-state index contributed by atoms with van der Waals surface area (Å²) in [6.07, 6.45) is 3.02. The second kappa shape index (κ2) is 8.94. The summed E-state index contributed by atoms with van der Waals surface area (Å²) in [5.74, 6) is -0.851. The molecule has 0 radical (unpaired) electrons. The molecule has 0 aromatic heterocycles. The summed E-state index contributed by atoms with van der Waals surface area (Å²) in [5, 5.41) is 5.15. The molecule has 0 aliphatic carbocycles. The Morgan fingerprint density at radius 3 is 2.31 bits per heavy atom. The van der Waals surface area contributed by atoms with Gasteiger partial charge in [-0.25, -0.2) is 4.39 Å². The summed E-state index contributed by atoms with van der Waals surface area (Å²) in [7, 11) is 3.12. The van der Waals surface area contributed by atoms with Gasteiger partial charge in [0.25, 0.3) is 11.8 Å². The van der Waals surface area contributed by atoms with Gasteiger partial charge in [0.2, 0.25) is 0 Å². The van der Waals surface area contributed by atoms with Crippen molar-refractivity contribution in [1.29, 1.82) is 0 Å². The SMILES string of the molecule is CNC(=O)/C(=C/CCc1ccc(C(=O)NC)cc1)c1c(C)cccc1F. The van der Waals surface area contributed by atoms with Gasteiger partial charge in [0.05, 0.1) is 0 Å². The third-order valence-corrected chi connectivity index (χ3v) is 4.19. The molecule has 2 aromatic carbocycles. The highest BCUT2D eigenvalue weighted by Crippen LogP contribution is 2.23. The predicted octanol–water partition coefficient (Wildman–Crippen LogP) is 3.26. The van der Waals surface area contributed by atoms with Crippen LogP contribution in [0.15, 0.2) is 48.5 Å². The quantitative estimate of drug-likeness (QED) is 0.783. The fraction of sp³-hybridized carbons (Fsp3) is 0.238. The summed E-state index contributed by atoms with van der Waals surface area (Å²) in [5.41, 5.74) is 3.02. The minimum atomic E-state index is -0.408. The lowest BCUT2D eigenvalue weighted by atomic mass is 9.97. The van der Waals surface area contributed by atoms with Crippen LogP contribution >= 0.6 is 0 Å². The molecule has 0 fully saturated rings. The smallest absolute Gasteiger partial charge is 0.251 e. The molecule has 2 N–H and O–H groups in total. The number of hydrogen-bond donors (Lipinski definition) is 2. The lowest BCUT2D eigenvalue weighted by Gasteiger charge is -2.11. The summed E-state index contributed by atoms with van der Waals surface area (Å²) < 4.78 is 14.2. The van der Waals surface area contributed by atoms with E-state index in [9.17, 15) is 14.0 Å². The number of amides is 2. The predicted molar refractivity (Wildman–Crippen MR) is 101 cm³/mol. The van der Waals surface area contributed by atoms with Crippen molar-refractivity contribution in [3.63, 3.8) is 0 Å². The van der Waals surface area contributed by atoms with Gasteiger partial charge in [-0.2, -0.15) is 0 Å². The molecule has 26 heavy (non-hydrogen) atoms. The van der Waals surface area contributed by atoms with Crippen LogP contribution in [0.4, 0.5) is 4.39 Å². The van der Waals surface area contributed by atoms with Crippen molar-refractivity contribution < 1.29 is 14.0 Å². The molecule has 0 unspecified atom stereocenters. The Morgan fingerprint density at radius 1 is 1.04 bits per heavy atom. The maximum Gasteiger partial charge on any atom is 0.251 e. The topological polar surface area (TPSA) is 58.2 Å². The number of benzene rings is 2. The molecule has 0 spiro atoms. The Morgan fingerprint density at radius 2 is 1.73 bits per heavy atom. The molecule has 0 bridgehead atoms. The van der Waals surface area contributed by atoms with Crippen molar-refractivity contribution in [3.8, 4) is 0 Å². The first-order chi connectivity index (χ1) is 12.5. The van der Waals surface area contributed by atoms with Gasteiger partial charge in [-0.1, -0.05) is 30.3 Å². The molecular formula is C21H23FN2O2. The highest BCUT2D eigenvalue weighted by Gasteiger charge is 2.16. The molecule has 2 aromatic rings. The molecule has 2 rings (SSSR count). The molecule has 0 saturated carbocycles. The number of rotatable bonds is 6. The standard InChI is InChI=1S/C21H23FN2O2/c1-14-6-4-9-18(22)19(14)17(21(26)24-3)8-5-7-15-10-12-16(13-11-15)20(25)23-2/h4,6,8-13H,5,7H2,1-3H3,(H,23,25)(H,24,26)/b17-8+. The van der Waals surface area contributed by atoms with E-state index in [-0.39, 0.29) is 11.8 Å². The zero-order valence-corrected chi connectivity index (χ0v) is 15.2. The zero-order valence-electron chi connectivity index (χ0n) is 15.2. The minimum absolute atomic E-state index is 0.131. The first-order valence-electron chi connectivity index (χ1n) is 8.46. The van der Waals surface area contributed by atoms with Crippen molar-refractivity contribution >= 4 is 17.4 Å².